The summed E-state index contributed by atoms with van der Waals surface area (Å²) in [6, 6.07) is 3.85. The van der Waals surface area contributed by atoms with E-state index in [-0.39, 0.29) is 6.09 Å². The summed E-state index contributed by atoms with van der Waals surface area (Å²) in [4.78, 5) is 20.1. The van der Waals surface area contributed by atoms with Crippen LogP contribution in [-0.4, -0.2) is 89.6 Å². The highest BCUT2D eigenvalue weighted by Crippen LogP contribution is 2.39. The fourth-order valence-electron chi connectivity index (χ4n) is 3.32. The highest BCUT2D eigenvalue weighted by atomic mass is 16.6. The Labute approximate surface area is 172 Å². The molecule has 0 aromatic heterocycles. The van der Waals surface area contributed by atoms with Gasteiger partial charge >= 0.3 is 6.09 Å². The quantitative estimate of drug-likeness (QED) is 0.542. The molecular weight excluding hydrogens is 376 g/mol. The normalized spacial score (nSPS) is 14.4. The first kappa shape index (κ1) is 22.4. The van der Waals surface area contributed by atoms with Crippen LogP contribution in [0.2, 0.25) is 0 Å². The van der Waals surface area contributed by atoms with Crippen LogP contribution in [-0.2, 0) is 11.2 Å². The molecule has 1 fully saturated rings. The van der Waals surface area contributed by atoms with Crippen molar-refractivity contribution in [3.8, 4) is 17.2 Å². The van der Waals surface area contributed by atoms with E-state index in [1.54, 1.807) is 33.3 Å². The maximum Gasteiger partial charge on any atom is 0.409 e. The van der Waals surface area contributed by atoms with E-state index in [0.29, 0.717) is 56.6 Å². The van der Waals surface area contributed by atoms with Gasteiger partial charge in [-0.05, 0) is 19.4 Å². The molecule has 0 saturated carbocycles. The van der Waals surface area contributed by atoms with Crippen molar-refractivity contribution in [1.29, 1.82) is 0 Å². The molecule has 0 aliphatic carbocycles. The van der Waals surface area contributed by atoms with Crippen molar-refractivity contribution in [2.45, 2.75) is 13.3 Å². The third-order valence-electron chi connectivity index (χ3n) is 4.78. The lowest BCUT2D eigenvalue weighted by molar-refractivity contribution is 0.0915. The van der Waals surface area contributed by atoms with Gasteiger partial charge in [0, 0.05) is 45.3 Å². The largest absolute Gasteiger partial charge is 0.493 e. The van der Waals surface area contributed by atoms with E-state index in [1.165, 1.54) is 0 Å². The lowest BCUT2D eigenvalue weighted by Crippen LogP contribution is -2.54. The van der Waals surface area contributed by atoms with Gasteiger partial charge in [0.05, 0.1) is 27.9 Å². The van der Waals surface area contributed by atoms with E-state index in [9.17, 15) is 4.79 Å². The zero-order chi connectivity index (χ0) is 21.2. The molecule has 0 atom stereocenters. The van der Waals surface area contributed by atoms with Crippen LogP contribution in [0.3, 0.4) is 0 Å². The van der Waals surface area contributed by atoms with E-state index < -0.39 is 0 Å². The zero-order valence-corrected chi connectivity index (χ0v) is 18.0. The first-order valence-corrected chi connectivity index (χ1v) is 9.74. The lowest BCUT2D eigenvalue weighted by atomic mass is 10.1. The first-order valence-electron chi connectivity index (χ1n) is 9.74. The Kier molecular flexibility index (Phi) is 8.69. The Morgan fingerprint density at radius 3 is 2.24 bits per heavy atom. The number of guanidine groups is 1. The summed E-state index contributed by atoms with van der Waals surface area (Å²) in [6.07, 6.45) is 0.473. The number of ether oxygens (including phenoxy) is 4. The molecule has 0 spiro atoms. The maximum absolute atomic E-state index is 11.8. The van der Waals surface area contributed by atoms with Crippen molar-refractivity contribution in [2.24, 2.45) is 4.99 Å². The highest BCUT2D eigenvalue weighted by Gasteiger charge is 2.23. The Balaban J connectivity index is 1.92. The summed E-state index contributed by atoms with van der Waals surface area (Å²) in [5.74, 6) is 2.71. The SMILES string of the molecule is CCOC(=O)N1CCN(C(=NC)NCCc2ccc(OC)c(OC)c2OC)CC1. The number of aliphatic imine (C=N–C) groups is 1. The van der Waals surface area contributed by atoms with Crippen LogP contribution < -0.4 is 19.5 Å². The summed E-state index contributed by atoms with van der Waals surface area (Å²) in [5, 5.41) is 3.39. The predicted molar refractivity (Wildman–Crippen MR) is 111 cm³/mol. The van der Waals surface area contributed by atoms with Gasteiger partial charge in [0.25, 0.3) is 0 Å². The molecule has 2 rings (SSSR count). The van der Waals surface area contributed by atoms with Gasteiger partial charge in [-0.3, -0.25) is 4.99 Å². The van der Waals surface area contributed by atoms with Gasteiger partial charge in [0.2, 0.25) is 5.75 Å². The summed E-state index contributed by atoms with van der Waals surface area (Å²) in [6.45, 7) is 5.52. The molecular formula is C20H32N4O5. The lowest BCUT2D eigenvalue weighted by Gasteiger charge is -2.35. The Hall–Kier alpha value is -2.84. The van der Waals surface area contributed by atoms with Crippen molar-refractivity contribution >= 4 is 12.1 Å². The smallest absolute Gasteiger partial charge is 0.409 e. The molecule has 1 aromatic carbocycles. The van der Waals surface area contributed by atoms with Gasteiger partial charge in [0.1, 0.15) is 0 Å². The molecule has 1 heterocycles. The molecule has 162 valence electrons. The summed E-state index contributed by atoms with van der Waals surface area (Å²) in [7, 11) is 6.58. The standard InChI is InChI=1S/C20H32N4O5/c1-6-29-20(25)24-13-11-23(12-14-24)19(21-2)22-10-9-15-7-8-16(26-3)18(28-5)17(15)27-4/h7-8H,6,9-14H2,1-5H3,(H,21,22). The van der Waals surface area contributed by atoms with Crippen LogP contribution in [0.1, 0.15) is 12.5 Å². The van der Waals surface area contributed by atoms with E-state index >= 15 is 0 Å². The second-order valence-corrected chi connectivity index (χ2v) is 6.39. The molecule has 29 heavy (non-hydrogen) atoms. The Morgan fingerprint density at radius 1 is 1.03 bits per heavy atom. The number of benzene rings is 1. The van der Waals surface area contributed by atoms with E-state index in [2.05, 4.69) is 15.2 Å². The van der Waals surface area contributed by atoms with Gasteiger partial charge in [-0.1, -0.05) is 6.07 Å². The monoisotopic (exact) mass is 408 g/mol. The number of hydrogen-bond donors (Lipinski definition) is 1. The van der Waals surface area contributed by atoms with E-state index in [4.69, 9.17) is 18.9 Å². The molecule has 1 aliphatic heterocycles. The van der Waals surface area contributed by atoms with Crippen molar-refractivity contribution < 1.29 is 23.7 Å². The van der Waals surface area contributed by atoms with Crippen molar-refractivity contribution in [3.05, 3.63) is 17.7 Å². The highest BCUT2D eigenvalue weighted by molar-refractivity contribution is 5.80. The average Bonchev–Trinajstić information content (AvgIpc) is 2.76. The average molecular weight is 408 g/mol. The summed E-state index contributed by atoms with van der Waals surface area (Å²) >= 11 is 0. The fraction of sp³-hybridized carbons (Fsp3) is 0.600. The summed E-state index contributed by atoms with van der Waals surface area (Å²) in [5.41, 5.74) is 1.01. The molecule has 1 saturated heterocycles. The molecule has 0 radical (unpaired) electrons. The van der Waals surface area contributed by atoms with Crippen molar-refractivity contribution in [1.82, 2.24) is 15.1 Å². The molecule has 9 nitrogen and oxygen atoms in total. The zero-order valence-electron chi connectivity index (χ0n) is 18.0. The number of hydrogen-bond acceptors (Lipinski definition) is 6. The van der Waals surface area contributed by atoms with E-state index in [0.717, 1.165) is 17.9 Å². The molecule has 1 amide bonds. The van der Waals surface area contributed by atoms with Crippen LogP contribution in [0.5, 0.6) is 17.2 Å². The van der Waals surface area contributed by atoms with Crippen LogP contribution in [0.25, 0.3) is 0 Å². The number of amides is 1. The van der Waals surface area contributed by atoms with Crippen molar-refractivity contribution in [3.63, 3.8) is 0 Å². The maximum atomic E-state index is 11.8. The van der Waals surface area contributed by atoms with Crippen LogP contribution in [0.15, 0.2) is 17.1 Å². The first-order chi connectivity index (χ1) is 14.1. The topological polar surface area (TPSA) is 84.9 Å². The Bertz CT molecular complexity index is 702. The number of rotatable bonds is 7. The van der Waals surface area contributed by atoms with Crippen LogP contribution in [0.4, 0.5) is 4.79 Å². The number of carbonyl (C=O) groups excluding carboxylic acids is 1. The number of methoxy groups -OCH3 is 3. The predicted octanol–water partition coefficient (Wildman–Crippen LogP) is 1.60. The second-order valence-electron chi connectivity index (χ2n) is 6.39. The van der Waals surface area contributed by atoms with Crippen LogP contribution >= 0.6 is 0 Å². The molecule has 9 heteroatoms. The van der Waals surface area contributed by atoms with Gasteiger partial charge in [-0.2, -0.15) is 0 Å². The fourth-order valence-corrected chi connectivity index (χ4v) is 3.32. The van der Waals surface area contributed by atoms with Crippen molar-refractivity contribution in [2.75, 3.05) is 67.7 Å². The van der Waals surface area contributed by atoms with Crippen LogP contribution in [0, 0.1) is 0 Å². The minimum absolute atomic E-state index is 0.254. The van der Waals surface area contributed by atoms with Gasteiger partial charge in [-0.15, -0.1) is 0 Å². The molecule has 0 unspecified atom stereocenters. The summed E-state index contributed by atoms with van der Waals surface area (Å²) < 4.78 is 21.4. The molecule has 1 aliphatic rings. The minimum Gasteiger partial charge on any atom is -0.493 e. The van der Waals surface area contributed by atoms with E-state index in [1.807, 2.05) is 19.1 Å². The van der Waals surface area contributed by atoms with Gasteiger partial charge in [0.15, 0.2) is 17.5 Å². The third-order valence-corrected chi connectivity index (χ3v) is 4.78. The second kappa shape index (κ2) is 11.2. The number of nitrogens with zero attached hydrogens (tertiary/aromatic N) is 3. The third kappa shape index (κ3) is 5.58. The number of carbonyl (C=O) groups is 1. The molecule has 1 aromatic rings. The van der Waals surface area contributed by atoms with Gasteiger partial charge < -0.3 is 34.1 Å². The number of piperazine rings is 1. The molecule has 0 bridgehead atoms. The number of nitrogens with one attached hydrogen (secondary N) is 1. The molecule has 1 N–H and O–H groups in total. The Morgan fingerprint density at radius 2 is 1.69 bits per heavy atom. The van der Waals surface area contributed by atoms with Gasteiger partial charge in [-0.25, -0.2) is 4.79 Å². The minimum atomic E-state index is -0.254.